The van der Waals surface area contributed by atoms with Gasteiger partial charge in [-0.3, -0.25) is 0 Å². The van der Waals surface area contributed by atoms with Gasteiger partial charge in [-0.05, 0) is 31.4 Å². The molecule has 5 nitrogen and oxygen atoms in total. The fourth-order valence-electron chi connectivity index (χ4n) is 4.77. The number of amides is 2. The van der Waals surface area contributed by atoms with E-state index in [9.17, 15) is 13.6 Å². The molecule has 4 aromatic rings. The van der Waals surface area contributed by atoms with E-state index in [1.165, 1.54) is 6.07 Å². The molecule has 0 atom stereocenters. The van der Waals surface area contributed by atoms with Gasteiger partial charge in [0.25, 0.3) is 0 Å². The van der Waals surface area contributed by atoms with Gasteiger partial charge in [0.15, 0.2) is 5.16 Å². The lowest BCUT2D eigenvalue weighted by atomic mass is 10.1. The molecule has 0 bridgehead atoms. The van der Waals surface area contributed by atoms with Crippen molar-refractivity contribution in [3.8, 4) is 22.5 Å². The number of anilines is 1. The maximum atomic E-state index is 14.0. The predicted octanol–water partition coefficient (Wildman–Crippen LogP) is 9.79. The molecule has 2 amide bonds. The molecular weight excluding hydrogens is 550 g/mol. The van der Waals surface area contributed by atoms with Crippen molar-refractivity contribution in [1.82, 2.24) is 14.9 Å². The maximum absolute atomic E-state index is 14.0. The maximum Gasteiger partial charge on any atom is 0.321 e. The summed E-state index contributed by atoms with van der Waals surface area (Å²) in [4.78, 5) is 23.0. The first-order valence-electron chi connectivity index (χ1n) is 14.9. The molecule has 0 spiro atoms. The van der Waals surface area contributed by atoms with Crippen molar-refractivity contribution < 1.29 is 13.6 Å². The number of benzene rings is 3. The number of rotatable bonds is 16. The molecule has 42 heavy (non-hydrogen) atoms. The van der Waals surface area contributed by atoms with Crippen LogP contribution in [0.25, 0.3) is 22.5 Å². The second kappa shape index (κ2) is 16.7. The van der Waals surface area contributed by atoms with E-state index in [0.29, 0.717) is 13.1 Å². The number of thioether (sulfide) groups is 1. The lowest BCUT2D eigenvalue weighted by molar-refractivity contribution is 0.209. The summed E-state index contributed by atoms with van der Waals surface area (Å²) >= 11 is 1.76. The Hall–Kier alpha value is -3.65. The number of nitrogens with one attached hydrogen (secondary N) is 2. The van der Waals surface area contributed by atoms with Crippen molar-refractivity contribution >= 4 is 23.5 Å². The van der Waals surface area contributed by atoms with Crippen molar-refractivity contribution in [2.24, 2.45) is 0 Å². The van der Waals surface area contributed by atoms with Crippen LogP contribution in [0.5, 0.6) is 0 Å². The highest BCUT2D eigenvalue weighted by Crippen LogP contribution is 2.32. The van der Waals surface area contributed by atoms with Crippen LogP contribution < -0.4 is 5.32 Å². The van der Waals surface area contributed by atoms with Gasteiger partial charge in [0.2, 0.25) is 0 Å². The molecule has 8 heteroatoms. The lowest BCUT2D eigenvalue weighted by Gasteiger charge is -2.23. The average molecular weight is 591 g/mol. The zero-order valence-electron chi connectivity index (χ0n) is 24.3. The number of H-pyrrole nitrogens is 1. The van der Waals surface area contributed by atoms with Crippen molar-refractivity contribution in [2.45, 2.75) is 63.4 Å². The van der Waals surface area contributed by atoms with Crippen molar-refractivity contribution in [3.63, 3.8) is 0 Å². The highest BCUT2D eigenvalue weighted by Gasteiger charge is 2.16. The number of urea groups is 1. The van der Waals surface area contributed by atoms with Gasteiger partial charge >= 0.3 is 6.03 Å². The molecule has 0 saturated carbocycles. The van der Waals surface area contributed by atoms with Crippen LogP contribution in [-0.4, -0.2) is 39.7 Å². The third-order valence-corrected chi connectivity index (χ3v) is 8.05. The first kappa shape index (κ1) is 31.3. The number of nitrogens with zero attached hydrogens (tertiary/aromatic N) is 2. The van der Waals surface area contributed by atoms with Gasteiger partial charge in [-0.2, -0.15) is 0 Å². The minimum Gasteiger partial charge on any atom is -0.332 e. The van der Waals surface area contributed by atoms with Crippen molar-refractivity contribution in [2.75, 3.05) is 24.2 Å². The second-order valence-electron chi connectivity index (χ2n) is 10.4. The number of halogens is 2. The minimum absolute atomic E-state index is 0.00268. The van der Waals surface area contributed by atoms with E-state index in [4.69, 9.17) is 4.98 Å². The van der Waals surface area contributed by atoms with Gasteiger partial charge in [-0.25, -0.2) is 18.6 Å². The molecule has 222 valence electrons. The van der Waals surface area contributed by atoms with E-state index in [2.05, 4.69) is 41.5 Å². The van der Waals surface area contributed by atoms with Crippen molar-refractivity contribution in [3.05, 3.63) is 90.5 Å². The number of aromatic nitrogens is 2. The van der Waals surface area contributed by atoms with Crippen LogP contribution in [-0.2, 0) is 0 Å². The van der Waals surface area contributed by atoms with Crippen LogP contribution in [0.1, 0.15) is 58.3 Å². The number of hydrogen-bond donors (Lipinski definition) is 2. The Morgan fingerprint density at radius 3 is 2.17 bits per heavy atom. The topological polar surface area (TPSA) is 61.0 Å². The highest BCUT2D eigenvalue weighted by molar-refractivity contribution is 7.99. The van der Waals surface area contributed by atoms with Gasteiger partial charge in [0.05, 0.1) is 17.1 Å². The van der Waals surface area contributed by atoms with Gasteiger partial charge in [-0.15, -0.1) is 0 Å². The summed E-state index contributed by atoms with van der Waals surface area (Å²) in [6, 6.07) is 23.5. The zero-order chi connectivity index (χ0) is 29.6. The van der Waals surface area contributed by atoms with E-state index in [1.54, 1.807) is 16.7 Å². The molecule has 1 aromatic heterocycles. The van der Waals surface area contributed by atoms with E-state index < -0.39 is 11.6 Å². The Morgan fingerprint density at radius 1 is 0.833 bits per heavy atom. The molecule has 3 aromatic carbocycles. The van der Waals surface area contributed by atoms with Crippen LogP contribution in [0, 0.1) is 11.6 Å². The summed E-state index contributed by atoms with van der Waals surface area (Å²) in [6.45, 7) is 3.31. The predicted molar refractivity (Wildman–Crippen MR) is 170 cm³/mol. The highest BCUT2D eigenvalue weighted by atomic mass is 32.2. The van der Waals surface area contributed by atoms with Gasteiger partial charge in [0, 0.05) is 36.0 Å². The number of carbonyl (C=O) groups excluding carboxylic acids is 1. The molecule has 0 radical (unpaired) electrons. The van der Waals surface area contributed by atoms with E-state index in [-0.39, 0.29) is 11.7 Å². The largest absolute Gasteiger partial charge is 0.332 e. The third kappa shape index (κ3) is 9.44. The van der Waals surface area contributed by atoms with E-state index in [1.807, 2.05) is 36.4 Å². The summed E-state index contributed by atoms with van der Waals surface area (Å²) < 4.78 is 27.2. The summed E-state index contributed by atoms with van der Waals surface area (Å²) in [5.41, 5.74) is 4.27. The molecule has 0 saturated heterocycles. The molecule has 2 N–H and O–H groups in total. The van der Waals surface area contributed by atoms with Crippen LogP contribution in [0.3, 0.4) is 0 Å². The molecule has 0 aliphatic carbocycles. The average Bonchev–Trinajstić information content (AvgIpc) is 3.44. The Morgan fingerprint density at radius 2 is 1.48 bits per heavy atom. The molecule has 0 fully saturated rings. The minimum atomic E-state index is -0.766. The Kier molecular flexibility index (Phi) is 12.4. The normalized spacial score (nSPS) is 11.0. The molecule has 0 aliphatic rings. The van der Waals surface area contributed by atoms with Crippen LogP contribution in [0.4, 0.5) is 19.3 Å². The first-order chi connectivity index (χ1) is 20.5. The lowest BCUT2D eigenvalue weighted by Crippen LogP contribution is -2.36. The Labute approximate surface area is 252 Å². The number of imidazole rings is 1. The molecular formula is C34H40F2N4OS. The van der Waals surface area contributed by atoms with Gasteiger partial charge in [0.1, 0.15) is 11.6 Å². The Bertz CT molecular complexity index is 1320. The monoisotopic (exact) mass is 590 g/mol. The number of hydrogen-bond acceptors (Lipinski definition) is 3. The molecule has 0 aliphatic heterocycles. The summed E-state index contributed by atoms with van der Waals surface area (Å²) in [5.74, 6) is -0.430. The molecule has 1 heterocycles. The summed E-state index contributed by atoms with van der Waals surface area (Å²) in [7, 11) is 0. The van der Waals surface area contributed by atoms with Gasteiger partial charge in [-0.1, -0.05) is 111 Å². The smallest absolute Gasteiger partial charge is 0.321 e. The molecule has 0 unspecified atom stereocenters. The Balaban J connectivity index is 1.17. The standard InChI is InChI=1S/C34H40F2N4OS/c1-2-3-22-40(34(41)37-30-21-20-28(35)25-29(30)36)23-14-6-4-5-7-15-24-42-33-38-31(26-16-10-8-11-17-26)32(39-33)27-18-12-9-13-19-27/h8-13,16-21,25H,2-7,14-15,22-24H2,1H3,(H,37,41)(H,38,39). The fraction of sp³-hybridized carbons (Fsp3) is 0.353. The number of unbranched alkanes of at least 4 members (excludes halogenated alkanes) is 6. The van der Waals surface area contributed by atoms with Crippen molar-refractivity contribution in [1.29, 1.82) is 0 Å². The quantitative estimate of drug-likeness (QED) is 0.101. The number of carbonyl (C=O) groups is 1. The summed E-state index contributed by atoms with van der Waals surface area (Å²) in [6.07, 6.45) is 8.29. The summed E-state index contributed by atoms with van der Waals surface area (Å²) in [5, 5.41) is 3.54. The van der Waals surface area contributed by atoms with Crippen LogP contribution in [0.15, 0.2) is 84.0 Å². The van der Waals surface area contributed by atoms with Crippen LogP contribution in [0.2, 0.25) is 0 Å². The SMILES string of the molecule is CCCCN(CCCCCCCCSc1nc(-c2ccccc2)c(-c2ccccc2)[nH]1)C(=O)Nc1ccc(F)cc1F. The second-order valence-corrected chi connectivity index (χ2v) is 11.4. The first-order valence-corrected chi connectivity index (χ1v) is 15.9. The van der Waals surface area contributed by atoms with E-state index in [0.717, 1.165) is 96.9 Å². The van der Waals surface area contributed by atoms with Gasteiger partial charge < -0.3 is 15.2 Å². The zero-order valence-corrected chi connectivity index (χ0v) is 25.1. The fourth-order valence-corrected chi connectivity index (χ4v) is 5.64. The van der Waals surface area contributed by atoms with E-state index >= 15 is 0 Å². The third-order valence-electron chi connectivity index (χ3n) is 7.09. The molecule has 4 rings (SSSR count). The number of aromatic amines is 1. The van der Waals surface area contributed by atoms with Crippen LogP contribution >= 0.6 is 11.8 Å².